The molecule has 0 radical (unpaired) electrons. The van der Waals surface area contributed by atoms with Crippen LogP contribution >= 0.6 is 0 Å². The van der Waals surface area contributed by atoms with Crippen molar-refractivity contribution in [2.75, 3.05) is 5.73 Å². The molecule has 0 fully saturated rings. The fourth-order valence-electron chi connectivity index (χ4n) is 2.35. The zero-order valence-electron chi connectivity index (χ0n) is 12.4. The highest BCUT2D eigenvalue weighted by molar-refractivity contribution is 6.87. The van der Waals surface area contributed by atoms with Crippen LogP contribution in [0.15, 0.2) is 24.4 Å². The van der Waals surface area contributed by atoms with Gasteiger partial charge in [-0.25, -0.2) is 9.97 Å². The summed E-state index contributed by atoms with van der Waals surface area (Å²) in [4.78, 5) is 8.23. The molecule has 0 aliphatic heterocycles. The van der Waals surface area contributed by atoms with Crippen LogP contribution in [-0.2, 0) is 0 Å². The second-order valence-electron chi connectivity index (χ2n) is 5.09. The van der Waals surface area contributed by atoms with Gasteiger partial charge in [-0.05, 0) is 36.3 Å². The van der Waals surface area contributed by atoms with Crippen LogP contribution in [0.4, 0.5) is 5.95 Å². The zero-order valence-corrected chi connectivity index (χ0v) is 13.4. The average Bonchev–Trinajstić information content (AvgIpc) is 2.49. The number of hydrogen-bond acceptors (Lipinski definition) is 3. The van der Waals surface area contributed by atoms with E-state index in [1.807, 2.05) is 18.2 Å². The number of rotatable bonds is 3. The van der Waals surface area contributed by atoms with E-state index in [-0.39, 0.29) is 0 Å². The average molecular weight is 283 g/mol. The van der Waals surface area contributed by atoms with Crippen molar-refractivity contribution in [3.63, 3.8) is 0 Å². The molecule has 1 aromatic heterocycles. The highest BCUT2D eigenvalue weighted by atomic mass is 28.3. The summed E-state index contributed by atoms with van der Waals surface area (Å²) in [6.07, 6.45) is 1.76. The van der Waals surface area contributed by atoms with Gasteiger partial charge in [0.15, 0.2) is 0 Å². The largest absolute Gasteiger partial charge is 0.368 e. The van der Waals surface area contributed by atoms with Gasteiger partial charge >= 0.3 is 0 Å². The van der Waals surface area contributed by atoms with Gasteiger partial charge in [0.05, 0.1) is 5.52 Å². The SMILES string of the molecule is CC[Si](C#Cc1ccc2nc(N)ncc2c1)(CC)CC. The molecule has 0 spiro atoms. The molecule has 2 rings (SSSR count). The van der Waals surface area contributed by atoms with Gasteiger partial charge in [0.25, 0.3) is 0 Å². The highest BCUT2D eigenvalue weighted by Gasteiger charge is 2.24. The van der Waals surface area contributed by atoms with Gasteiger partial charge in [-0.15, -0.1) is 5.54 Å². The quantitative estimate of drug-likeness (QED) is 0.691. The highest BCUT2D eigenvalue weighted by Crippen LogP contribution is 2.19. The van der Waals surface area contributed by atoms with E-state index in [1.165, 1.54) is 18.1 Å². The standard InChI is InChI=1S/C16H21N3Si/c1-4-20(5-2,6-3)10-9-13-7-8-15-14(11-13)12-18-16(17)19-15/h7-8,11-12H,4-6H2,1-3H3,(H2,17,18,19). The Balaban J connectivity index is 2.38. The third kappa shape index (κ3) is 2.99. The first-order valence-electron chi connectivity index (χ1n) is 7.18. The number of nitrogens with zero attached hydrogens (tertiary/aromatic N) is 2. The lowest BCUT2D eigenvalue weighted by Crippen LogP contribution is -2.29. The summed E-state index contributed by atoms with van der Waals surface area (Å²) in [6, 6.07) is 9.69. The molecule has 3 nitrogen and oxygen atoms in total. The van der Waals surface area contributed by atoms with Crippen molar-refractivity contribution in [2.24, 2.45) is 0 Å². The molecule has 0 saturated heterocycles. The Bertz CT molecular complexity index is 658. The van der Waals surface area contributed by atoms with Crippen LogP contribution in [0.2, 0.25) is 18.1 Å². The first-order valence-corrected chi connectivity index (χ1v) is 9.80. The van der Waals surface area contributed by atoms with E-state index in [2.05, 4.69) is 42.2 Å². The smallest absolute Gasteiger partial charge is 0.220 e. The van der Waals surface area contributed by atoms with Crippen molar-refractivity contribution in [3.8, 4) is 11.5 Å². The molecular weight excluding hydrogens is 262 g/mol. The van der Waals surface area contributed by atoms with E-state index in [0.29, 0.717) is 5.95 Å². The summed E-state index contributed by atoms with van der Waals surface area (Å²) in [6.45, 7) is 6.81. The molecular formula is C16H21N3Si. The second kappa shape index (κ2) is 6.06. The Hall–Kier alpha value is -1.86. The molecule has 0 aliphatic carbocycles. The normalized spacial score (nSPS) is 11.2. The Morgan fingerprint density at radius 1 is 1.15 bits per heavy atom. The number of hydrogen-bond donors (Lipinski definition) is 1. The second-order valence-corrected chi connectivity index (χ2v) is 10.0. The van der Waals surface area contributed by atoms with Crippen molar-refractivity contribution in [1.82, 2.24) is 9.97 Å². The minimum absolute atomic E-state index is 0.311. The first kappa shape index (κ1) is 14.5. The maximum absolute atomic E-state index is 5.59. The molecule has 104 valence electrons. The molecule has 0 aliphatic rings. The van der Waals surface area contributed by atoms with Crippen LogP contribution < -0.4 is 5.73 Å². The lowest BCUT2D eigenvalue weighted by atomic mass is 10.1. The summed E-state index contributed by atoms with van der Waals surface area (Å²) >= 11 is 0. The topological polar surface area (TPSA) is 51.8 Å². The van der Waals surface area contributed by atoms with Crippen LogP contribution in [0.25, 0.3) is 10.9 Å². The number of fused-ring (bicyclic) bond motifs is 1. The lowest BCUT2D eigenvalue weighted by Gasteiger charge is -2.19. The maximum atomic E-state index is 5.59. The monoisotopic (exact) mass is 283 g/mol. The summed E-state index contributed by atoms with van der Waals surface area (Å²) in [5.41, 5.74) is 11.1. The molecule has 0 saturated carbocycles. The Morgan fingerprint density at radius 2 is 1.85 bits per heavy atom. The molecule has 2 N–H and O–H groups in total. The van der Waals surface area contributed by atoms with Gasteiger partial charge < -0.3 is 5.73 Å². The zero-order chi connectivity index (χ0) is 14.6. The molecule has 0 bridgehead atoms. The predicted octanol–water partition coefficient (Wildman–Crippen LogP) is 3.61. The minimum atomic E-state index is -1.39. The summed E-state index contributed by atoms with van der Waals surface area (Å²) in [7, 11) is -1.39. The van der Waals surface area contributed by atoms with Crippen molar-refractivity contribution >= 4 is 24.9 Å². The van der Waals surface area contributed by atoms with E-state index in [1.54, 1.807) is 6.20 Å². The maximum Gasteiger partial charge on any atom is 0.220 e. The van der Waals surface area contributed by atoms with Crippen molar-refractivity contribution in [2.45, 2.75) is 38.9 Å². The van der Waals surface area contributed by atoms with E-state index < -0.39 is 8.07 Å². The van der Waals surface area contributed by atoms with Gasteiger partial charge in [-0.3, -0.25) is 0 Å². The predicted molar refractivity (Wildman–Crippen MR) is 88.0 cm³/mol. The molecule has 20 heavy (non-hydrogen) atoms. The van der Waals surface area contributed by atoms with E-state index in [4.69, 9.17) is 5.73 Å². The third-order valence-electron chi connectivity index (χ3n) is 4.10. The van der Waals surface area contributed by atoms with Crippen LogP contribution in [0, 0.1) is 11.5 Å². The molecule has 1 aromatic carbocycles. The number of anilines is 1. The number of nitrogen functional groups attached to an aromatic ring is 1. The molecule has 1 heterocycles. The summed E-state index contributed by atoms with van der Waals surface area (Å²) < 4.78 is 0. The fourth-order valence-corrected chi connectivity index (χ4v) is 4.79. The van der Waals surface area contributed by atoms with E-state index in [9.17, 15) is 0 Å². The van der Waals surface area contributed by atoms with Crippen LogP contribution in [-0.4, -0.2) is 18.0 Å². The Morgan fingerprint density at radius 3 is 2.50 bits per heavy atom. The molecule has 0 amide bonds. The van der Waals surface area contributed by atoms with E-state index in [0.717, 1.165) is 16.5 Å². The van der Waals surface area contributed by atoms with Crippen LogP contribution in [0.5, 0.6) is 0 Å². The van der Waals surface area contributed by atoms with Gasteiger partial charge in [0, 0.05) is 17.1 Å². The lowest BCUT2D eigenvalue weighted by molar-refractivity contribution is 1.20. The number of nitrogens with two attached hydrogens (primary N) is 1. The molecule has 2 aromatic rings. The van der Waals surface area contributed by atoms with Gasteiger partial charge in [-0.2, -0.15) is 0 Å². The molecule has 0 unspecified atom stereocenters. The van der Waals surface area contributed by atoms with E-state index >= 15 is 0 Å². The van der Waals surface area contributed by atoms with Crippen LogP contribution in [0.3, 0.4) is 0 Å². The summed E-state index contributed by atoms with van der Waals surface area (Å²) in [5.74, 6) is 3.68. The Labute approximate surface area is 121 Å². The van der Waals surface area contributed by atoms with Crippen molar-refractivity contribution in [3.05, 3.63) is 30.0 Å². The summed E-state index contributed by atoms with van der Waals surface area (Å²) in [5, 5.41) is 0.989. The first-order chi connectivity index (χ1) is 9.62. The van der Waals surface area contributed by atoms with Crippen molar-refractivity contribution in [1.29, 1.82) is 0 Å². The molecule has 4 heteroatoms. The fraction of sp³-hybridized carbons (Fsp3) is 0.375. The van der Waals surface area contributed by atoms with Gasteiger partial charge in [-0.1, -0.05) is 26.7 Å². The third-order valence-corrected chi connectivity index (χ3v) is 8.82. The number of aromatic nitrogens is 2. The Kier molecular flexibility index (Phi) is 4.41. The van der Waals surface area contributed by atoms with Crippen LogP contribution in [0.1, 0.15) is 26.3 Å². The van der Waals surface area contributed by atoms with Gasteiger partial charge in [0.1, 0.15) is 8.07 Å². The minimum Gasteiger partial charge on any atom is -0.368 e. The van der Waals surface area contributed by atoms with Crippen molar-refractivity contribution < 1.29 is 0 Å². The van der Waals surface area contributed by atoms with Gasteiger partial charge in [0.2, 0.25) is 5.95 Å². The molecule has 0 atom stereocenters. The number of benzene rings is 1.